The number of aromatic nitrogens is 1. The predicted molar refractivity (Wildman–Crippen MR) is 91.8 cm³/mol. The van der Waals surface area contributed by atoms with Crippen LogP contribution in [0.1, 0.15) is 17.3 Å². The maximum atomic E-state index is 12.7. The lowest BCUT2D eigenvalue weighted by Crippen LogP contribution is -2.16. The number of fused-ring (bicyclic) bond motifs is 1. The first-order valence-corrected chi connectivity index (χ1v) is 8.15. The molecule has 1 N–H and O–H groups in total. The quantitative estimate of drug-likeness (QED) is 0.585. The van der Waals surface area contributed by atoms with Crippen molar-refractivity contribution in [2.24, 2.45) is 0 Å². The molecule has 110 valence electrons. The van der Waals surface area contributed by atoms with Crippen LogP contribution in [-0.4, -0.2) is 17.0 Å². The number of rotatable bonds is 3. The molecule has 0 spiro atoms. The van der Waals surface area contributed by atoms with Crippen LogP contribution in [0.4, 0.5) is 0 Å². The normalized spacial score (nSPS) is 10.8. The van der Waals surface area contributed by atoms with Gasteiger partial charge in [0, 0.05) is 10.9 Å². The summed E-state index contributed by atoms with van der Waals surface area (Å²) in [5.74, 6) is -0.211. The number of H-pyrrole nitrogens is 1. The molecular weight excluding hydrogens is 294 g/mol. The largest absolute Gasteiger partial charge is 0.348 e. The highest BCUT2D eigenvalue weighted by Gasteiger charge is 2.17. The minimum absolute atomic E-state index is 0.205. The minimum Gasteiger partial charge on any atom is -0.348 e. The Morgan fingerprint density at radius 1 is 1.05 bits per heavy atom. The molecule has 0 radical (unpaired) electrons. The molecule has 0 aliphatic heterocycles. The minimum atomic E-state index is -0.211. The topological polar surface area (TPSA) is 49.9 Å². The third kappa shape index (κ3) is 2.35. The van der Waals surface area contributed by atoms with Crippen molar-refractivity contribution in [2.75, 3.05) is 6.26 Å². The lowest BCUT2D eigenvalue weighted by Gasteiger charge is -2.11. The molecule has 0 aliphatic rings. The number of hydrogen-bond donors (Lipinski definition) is 1. The second-order valence-corrected chi connectivity index (χ2v) is 5.83. The van der Waals surface area contributed by atoms with E-state index in [2.05, 4.69) is 4.98 Å². The van der Waals surface area contributed by atoms with Gasteiger partial charge >= 0.3 is 0 Å². The monoisotopic (exact) mass is 309 g/mol. The number of Topliss-reactive ketones (excluding diaryl/α,β-unsaturated/α-hetero) is 1. The first kappa shape index (κ1) is 14.6. The molecule has 0 amide bonds. The average Bonchev–Trinajstić information content (AvgIpc) is 2.54. The SMILES string of the molecule is CSc1[nH]c2c(-c3ccccc3)cccc2c(=O)c1C(C)=O. The van der Waals surface area contributed by atoms with Gasteiger partial charge in [-0.25, -0.2) is 0 Å². The zero-order valence-corrected chi connectivity index (χ0v) is 13.2. The molecule has 3 nitrogen and oxygen atoms in total. The van der Waals surface area contributed by atoms with Crippen molar-refractivity contribution in [3.05, 3.63) is 64.3 Å². The van der Waals surface area contributed by atoms with Crippen molar-refractivity contribution in [3.8, 4) is 11.1 Å². The molecule has 22 heavy (non-hydrogen) atoms. The van der Waals surface area contributed by atoms with E-state index in [1.54, 1.807) is 6.07 Å². The van der Waals surface area contributed by atoms with Crippen molar-refractivity contribution in [3.63, 3.8) is 0 Å². The molecule has 0 atom stereocenters. The van der Waals surface area contributed by atoms with E-state index in [4.69, 9.17) is 0 Å². The molecule has 0 saturated heterocycles. The van der Waals surface area contributed by atoms with Gasteiger partial charge in [0.25, 0.3) is 0 Å². The Balaban J connectivity index is 2.42. The number of thioether (sulfide) groups is 1. The van der Waals surface area contributed by atoms with Crippen LogP contribution in [0.2, 0.25) is 0 Å². The highest BCUT2D eigenvalue weighted by molar-refractivity contribution is 7.98. The summed E-state index contributed by atoms with van der Waals surface area (Å²) in [6, 6.07) is 15.5. The zero-order chi connectivity index (χ0) is 15.7. The summed E-state index contributed by atoms with van der Waals surface area (Å²) >= 11 is 1.38. The van der Waals surface area contributed by atoms with Gasteiger partial charge in [-0.05, 0) is 24.8 Å². The van der Waals surface area contributed by atoms with Gasteiger partial charge in [0.1, 0.15) is 0 Å². The Bertz CT molecular complexity index is 914. The highest BCUT2D eigenvalue weighted by Crippen LogP contribution is 2.28. The fourth-order valence-corrected chi connectivity index (χ4v) is 3.27. The molecule has 2 aromatic carbocycles. The van der Waals surface area contributed by atoms with E-state index in [1.165, 1.54) is 18.7 Å². The Kier molecular flexibility index (Phi) is 3.86. The van der Waals surface area contributed by atoms with E-state index in [0.29, 0.717) is 10.4 Å². The fraction of sp³-hybridized carbons (Fsp3) is 0.111. The summed E-state index contributed by atoms with van der Waals surface area (Å²) in [6.45, 7) is 1.43. The zero-order valence-electron chi connectivity index (χ0n) is 12.3. The van der Waals surface area contributed by atoms with E-state index in [9.17, 15) is 9.59 Å². The van der Waals surface area contributed by atoms with Crippen molar-refractivity contribution in [2.45, 2.75) is 11.9 Å². The van der Waals surface area contributed by atoms with Crippen LogP contribution in [0, 0.1) is 0 Å². The fourth-order valence-electron chi connectivity index (χ4n) is 2.62. The van der Waals surface area contributed by atoms with Gasteiger partial charge in [0.2, 0.25) is 5.43 Å². The van der Waals surface area contributed by atoms with Crippen molar-refractivity contribution in [1.82, 2.24) is 4.98 Å². The second-order valence-electron chi connectivity index (χ2n) is 5.01. The number of aromatic amines is 1. The number of hydrogen-bond acceptors (Lipinski definition) is 3. The van der Waals surface area contributed by atoms with Crippen LogP contribution >= 0.6 is 11.8 Å². The Labute approximate surface area is 132 Å². The molecule has 3 rings (SSSR count). The molecule has 0 bridgehead atoms. The molecule has 1 aromatic heterocycles. The van der Waals surface area contributed by atoms with Crippen LogP contribution in [0.25, 0.3) is 22.0 Å². The molecule has 0 aliphatic carbocycles. The number of para-hydroxylation sites is 1. The average molecular weight is 309 g/mol. The van der Waals surface area contributed by atoms with Gasteiger partial charge in [-0.1, -0.05) is 42.5 Å². The Hall–Kier alpha value is -2.33. The summed E-state index contributed by atoms with van der Waals surface area (Å²) < 4.78 is 0. The lowest BCUT2D eigenvalue weighted by molar-refractivity contribution is 0.101. The summed E-state index contributed by atoms with van der Waals surface area (Å²) in [7, 11) is 0. The number of carbonyl (C=O) groups excluding carboxylic acids is 1. The van der Waals surface area contributed by atoms with Crippen molar-refractivity contribution in [1.29, 1.82) is 0 Å². The van der Waals surface area contributed by atoms with Crippen LogP contribution in [0.5, 0.6) is 0 Å². The summed E-state index contributed by atoms with van der Waals surface area (Å²) in [5.41, 5.74) is 2.80. The standard InChI is InChI=1S/C18H15NO2S/c1-11(20)15-17(21)14-10-6-9-13(12-7-4-3-5-8-12)16(14)19-18(15)22-2/h3-10H,1-2H3,(H,19,21). The Morgan fingerprint density at radius 3 is 2.41 bits per heavy atom. The smallest absolute Gasteiger partial charge is 0.201 e. The predicted octanol–water partition coefficient (Wildman–Crippen LogP) is 4.12. The van der Waals surface area contributed by atoms with E-state index in [0.717, 1.165) is 16.6 Å². The van der Waals surface area contributed by atoms with Crippen LogP contribution in [0.3, 0.4) is 0 Å². The van der Waals surface area contributed by atoms with Gasteiger partial charge in [-0.2, -0.15) is 0 Å². The van der Waals surface area contributed by atoms with E-state index >= 15 is 0 Å². The number of benzene rings is 2. The number of nitrogens with one attached hydrogen (secondary N) is 1. The third-order valence-corrected chi connectivity index (χ3v) is 4.36. The van der Waals surface area contributed by atoms with Gasteiger partial charge in [0.15, 0.2) is 5.78 Å². The van der Waals surface area contributed by atoms with Crippen LogP contribution < -0.4 is 5.43 Å². The van der Waals surface area contributed by atoms with Crippen LogP contribution in [0.15, 0.2) is 58.4 Å². The maximum Gasteiger partial charge on any atom is 0.201 e. The number of carbonyl (C=O) groups is 1. The molecular formula is C18H15NO2S. The van der Waals surface area contributed by atoms with E-state index in [-0.39, 0.29) is 16.8 Å². The summed E-state index contributed by atoms with van der Waals surface area (Å²) in [6.07, 6.45) is 1.86. The lowest BCUT2D eigenvalue weighted by atomic mass is 10.0. The van der Waals surface area contributed by atoms with Gasteiger partial charge in [-0.15, -0.1) is 11.8 Å². The van der Waals surface area contributed by atoms with Crippen LogP contribution in [-0.2, 0) is 0 Å². The van der Waals surface area contributed by atoms with Crippen molar-refractivity contribution >= 4 is 28.4 Å². The Morgan fingerprint density at radius 2 is 1.77 bits per heavy atom. The first-order valence-electron chi connectivity index (χ1n) is 6.93. The van der Waals surface area contributed by atoms with E-state index in [1.807, 2.05) is 48.7 Å². The molecule has 0 saturated carbocycles. The third-order valence-electron chi connectivity index (χ3n) is 3.64. The van der Waals surface area contributed by atoms with Gasteiger partial charge in [-0.3, -0.25) is 9.59 Å². The second kappa shape index (κ2) is 5.81. The number of ketones is 1. The highest BCUT2D eigenvalue weighted by atomic mass is 32.2. The van der Waals surface area contributed by atoms with Gasteiger partial charge in [0.05, 0.1) is 16.1 Å². The summed E-state index contributed by atoms with van der Waals surface area (Å²) in [5, 5.41) is 1.16. The molecule has 1 heterocycles. The summed E-state index contributed by atoms with van der Waals surface area (Å²) in [4.78, 5) is 27.8. The molecule has 0 unspecified atom stereocenters. The molecule has 3 aromatic rings. The maximum absolute atomic E-state index is 12.7. The molecule has 4 heteroatoms. The van der Waals surface area contributed by atoms with E-state index < -0.39 is 0 Å². The first-order chi connectivity index (χ1) is 10.6. The van der Waals surface area contributed by atoms with Gasteiger partial charge < -0.3 is 4.98 Å². The molecule has 0 fully saturated rings. The van der Waals surface area contributed by atoms with Crippen molar-refractivity contribution < 1.29 is 4.79 Å². The number of pyridine rings is 1.